The van der Waals surface area contributed by atoms with Crippen LogP contribution in [0.3, 0.4) is 0 Å². The molecule has 2 aromatic carbocycles. The summed E-state index contributed by atoms with van der Waals surface area (Å²) in [4.78, 5) is 36.1. The Morgan fingerprint density at radius 2 is 2.00 bits per heavy atom. The van der Waals surface area contributed by atoms with Gasteiger partial charge in [-0.15, -0.1) is 0 Å². The van der Waals surface area contributed by atoms with Gasteiger partial charge in [-0.3, -0.25) is 4.79 Å². The molecule has 0 saturated carbocycles. The number of carbonyl (C=O) groups excluding carboxylic acids is 2. The van der Waals surface area contributed by atoms with Gasteiger partial charge >= 0.3 is 5.97 Å². The lowest BCUT2D eigenvalue weighted by molar-refractivity contribution is -0.117. The van der Waals surface area contributed by atoms with Crippen LogP contribution in [0.4, 0.5) is 11.4 Å². The van der Waals surface area contributed by atoms with E-state index in [9.17, 15) is 9.59 Å². The summed E-state index contributed by atoms with van der Waals surface area (Å²) >= 11 is 0. The van der Waals surface area contributed by atoms with Crippen molar-refractivity contribution in [2.45, 2.75) is 32.4 Å². The fourth-order valence-corrected chi connectivity index (χ4v) is 4.04. The van der Waals surface area contributed by atoms with Crippen LogP contribution in [0.25, 0.3) is 11.0 Å². The van der Waals surface area contributed by atoms with Gasteiger partial charge in [-0.25, -0.2) is 14.8 Å². The first-order chi connectivity index (χ1) is 14.1. The highest BCUT2D eigenvalue weighted by Gasteiger charge is 2.36. The van der Waals surface area contributed by atoms with Crippen molar-refractivity contribution < 1.29 is 14.3 Å². The number of anilines is 2. The summed E-state index contributed by atoms with van der Waals surface area (Å²) in [7, 11) is 0. The number of aromatic nitrogens is 2. The van der Waals surface area contributed by atoms with E-state index in [4.69, 9.17) is 4.74 Å². The van der Waals surface area contributed by atoms with Gasteiger partial charge in [0.05, 0.1) is 39.4 Å². The molecule has 1 saturated heterocycles. The van der Waals surface area contributed by atoms with Crippen molar-refractivity contribution >= 4 is 34.3 Å². The van der Waals surface area contributed by atoms with Gasteiger partial charge in [-0.05, 0) is 50.1 Å². The van der Waals surface area contributed by atoms with Crippen molar-refractivity contribution in [1.29, 1.82) is 0 Å². The van der Waals surface area contributed by atoms with Crippen LogP contribution in [0.2, 0.25) is 0 Å². The molecule has 0 bridgehead atoms. The quantitative estimate of drug-likeness (QED) is 0.694. The van der Waals surface area contributed by atoms with E-state index < -0.39 is 5.97 Å². The first kappa shape index (κ1) is 17.6. The minimum absolute atomic E-state index is 0.0115. The van der Waals surface area contributed by atoms with E-state index in [-0.39, 0.29) is 18.6 Å². The van der Waals surface area contributed by atoms with E-state index >= 15 is 0 Å². The number of fused-ring (bicyclic) bond motifs is 4. The molecule has 7 nitrogen and oxygen atoms in total. The maximum Gasteiger partial charge on any atom is 0.338 e. The van der Waals surface area contributed by atoms with Gasteiger partial charge in [0.15, 0.2) is 0 Å². The number of para-hydroxylation sites is 2. The van der Waals surface area contributed by atoms with Crippen molar-refractivity contribution in [3.8, 4) is 0 Å². The van der Waals surface area contributed by atoms with Crippen LogP contribution in [0.5, 0.6) is 0 Å². The normalized spacial score (nSPS) is 17.6. The van der Waals surface area contributed by atoms with Crippen LogP contribution in [0.1, 0.15) is 34.6 Å². The number of carbonyl (C=O) groups is 2. The molecule has 1 aromatic heterocycles. The molecule has 0 unspecified atom stereocenters. The molecule has 29 heavy (non-hydrogen) atoms. The Hall–Kier alpha value is -3.48. The molecule has 1 fully saturated rings. The molecule has 146 valence electrons. The minimum atomic E-state index is -0.458. The van der Waals surface area contributed by atoms with Crippen molar-refractivity contribution in [1.82, 2.24) is 9.97 Å². The van der Waals surface area contributed by atoms with Crippen LogP contribution in [0, 0.1) is 6.92 Å². The molecule has 1 atom stereocenters. The average molecular weight is 388 g/mol. The van der Waals surface area contributed by atoms with Crippen LogP contribution in [-0.4, -0.2) is 34.4 Å². The number of esters is 1. The Kier molecular flexibility index (Phi) is 4.16. The molecule has 1 N–H and O–H groups in total. The van der Waals surface area contributed by atoms with E-state index in [0.717, 1.165) is 41.8 Å². The van der Waals surface area contributed by atoms with Crippen LogP contribution in [-0.2, 0) is 16.1 Å². The van der Waals surface area contributed by atoms with E-state index in [1.807, 2.05) is 37.3 Å². The van der Waals surface area contributed by atoms with Gasteiger partial charge in [-0.1, -0.05) is 12.1 Å². The molecule has 2 aliphatic rings. The highest BCUT2D eigenvalue weighted by Crippen LogP contribution is 2.37. The molecule has 1 amide bonds. The van der Waals surface area contributed by atoms with E-state index in [1.165, 1.54) is 0 Å². The Balaban J connectivity index is 1.35. The Morgan fingerprint density at radius 3 is 2.83 bits per heavy atom. The van der Waals surface area contributed by atoms with E-state index in [2.05, 4.69) is 20.2 Å². The van der Waals surface area contributed by atoms with Gasteiger partial charge in [0, 0.05) is 6.54 Å². The molecule has 0 radical (unpaired) electrons. The number of ether oxygens (including phenoxy) is 1. The summed E-state index contributed by atoms with van der Waals surface area (Å²) < 4.78 is 5.48. The molecule has 0 aliphatic carbocycles. The lowest BCUT2D eigenvalue weighted by Gasteiger charge is -2.33. The van der Waals surface area contributed by atoms with Crippen molar-refractivity contribution in [2.75, 3.05) is 16.8 Å². The zero-order valence-corrected chi connectivity index (χ0v) is 16.0. The first-order valence-electron chi connectivity index (χ1n) is 9.71. The molecule has 2 aliphatic heterocycles. The second-order valence-corrected chi connectivity index (χ2v) is 7.39. The van der Waals surface area contributed by atoms with Crippen molar-refractivity contribution in [3.63, 3.8) is 0 Å². The highest BCUT2D eigenvalue weighted by atomic mass is 16.5. The van der Waals surface area contributed by atoms with E-state index in [1.54, 1.807) is 12.1 Å². The second-order valence-electron chi connectivity index (χ2n) is 7.39. The van der Waals surface area contributed by atoms with E-state index in [0.29, 0.717) is 16.9 Å². The SMILES string of the molecule is Cc1nc2ccccc2nc1COC(=O)c1ccc2c(c1)NC(=O)[C@H]1CCCN21. The molecular formula is C22H20N4O3. The Bertz CT molecular complexity index is 1140. The fourth-order valence-electron chi connectivity index (χ4n) is 4.04. The number of benzene rings is 2. The third-order valence-electron chi connectivity index (χ3n) is 5.54. The van der Waals surface area contributed by atoms with Crippen LogP contribution >= 0.6 is 0 Å². The van der Waals surface area contributed by atoms with Crippen LogP contribution < -0.4 is 10.2 Å². The predicted molar refractivity (Wildman–Crippen MR) is 109 cm³/mol. The third-order valence-corrected chi connectivity index (χ3v) is 5.54. The number of hydrogen-bond acceptors (Lipinski definition) is 6. The summed E-state index contributed by atoms with van der Waals surface area (Å²) in [6.07, 6.45) is 1.86. The standard InChI is InChI=1S/C22H20N4O3/c1-13-18(24-16-6-3-2-5-15(16)23-13)12-29-22(28)14-8-9-19-17(11-14)25-21(27)20-7-4-10-26(19)20/h2-3,5-6,8-9,11,20H,4,7,10,12H2,1H3,(H,25,27)/t20-/m1/s1. The average Bonchev–Trinajstić information content (AvgIpc) is 3.22. The largest absolute Gasteiger partial charge is 0.456 e. The maximum absolute atomic E-state index is 12.6. The summed E-state index contributed by atoms with van der Waals surface area (Å²) in [5.41, 5.74) is 4.95. The number of aryl methyl sites for hydroxylation is 1. The summed E-state index contributed by atoms with van der Waals surface area (Å²) in [6.45, 7) is 2.75. The second kappa shape index (κ2) is 6.84. The monoisotopic (exact) mass is 388 g/mol. The first-order valence-corrected chi connectivity index (χ1v) is 9.71. The predicted octanol–water partition coefficient (Wildman–Crippen LogP) is 3.22. The molecule has 5 rings (SSSR count). The van der Waals surface area contributed by atoms with Gasteiger partial charge in [0.2, 0.25) is 5.91 Å². The Morgan fingerprint density at radius 1 is 1.21 bits per heavy atom. The zero-order chi connectivity index (χ0) is 20.0. The molecule has 7 heteroatoms. The smallest absolute Gasteiger partial charge is 0.338 e. The highest BCUT2D eigenvalue weighted by molar-refractivity contribution is 6.05. The lowest BCUT2D eigenvalue weighted by Crippen LogP contribution is -2.43. The molecule has 3 heterocycles. The zero-order valence-electron chi connectivity index (χ0n) is 16.0. The summed E-state index contributed by atoms with van der Waals surface area (Å²) in [6, 6.07) is 12.8. The summed E-state index contributed by atoms with van der Waals surface area (Å²) in [5, 5.41) is 2.92. The molecule has 0 spiro atoms. The minimum Gasteiger partial charge on any atom is -0.456 e. The lowest BCUT2D eigenvalue weighted by atomic mass is 10.1. The summed E-state index contributed by atoms with van der Waals surface area (Å²) in [5.74, 6) is -0.470. The number of rotatable bonds is 3. The number of amides is 1. The van der Waals surface area contributed by atoms with Crippen LogP contribution in [0.15, 0.2) is 42.5 Å². The van der Waals surface area contributed by atoms with Gasteiger partial charge in [0.25, 0.3) is 0 Å². The topological polar surface area (TPSA) is 84.4 Å². The van der Waals surface area contributed by atoms with Gasteiger partial charge in [0.1, 0.15) is 12.6 Å². The maximum atomic E-state index is 12.6. The number of nitrogens with one attached hydrogen (secondary N) is 1. The molecular weight excluding hydrogens is 368 g/mol. The van der Waals surface area contributed by atoms with Crippen molar-refractivity contribution in [2.24, 2.45) is 0 Å². The van der Waals surface area contributed by atoms with Gasteiger partial charge < -0.3 is 15.0 Å². The third kappa shape index (κ3) is 3.08. The number of hydrogen-bond donors (Lipinski definition) is 1. The van der Waals surface area contributed by atoms with Crippen molar-refractivity contribution in [3.05, 3.63) is 59.4 Å². The molecule has 3 aromatic rings. The van der Waals surface area contributed by atoms with Gasteiger partial charge in [-0.2, -0.15) is 0 Å². The Labute approximate surface area is 167 Å². The number of nitrogens with zero attached hydrogens (tertiary/aromatic N) is 3. The fraction of sp³-hybridized carbons (Fsp3) is 0.273.